The maximum Gasteiger partial charge on any atom is 0.308 e. The van der Waals surface area contributed by atoms with Crippen molar-refractivity contribution in [1.29, 1.82) is 0 Å². The van der Waals surface area contributed by atoms with Crippen LogP contribution in [0.4, 0.5) is 0 Å². The second kappa shape index (κ2) is 6.73. The molecular formula is C13H24N2O3. The number of rotatable bonds is 4. The number of hydrogen-bond acceptors (Lipinski definition) is 4. The molecule has 1 saturated heterocycles. The molecule has 1 rings (SSSR count). The number of methoxy groups -OCH3 is 1. The number of nitrogens with zero attached hydrogens (tertiary/aromatic N) is 1. The number of ether oxygens (including phenoxy) is 1. The zero-order chi connectivity index (χ0) is 13.7. The van der Waals surface area contributed by atoms with Crippen LogP contribution in [0.2, 0.25) is 0 Å². The van der Waals surface area contributed by atoms with Gasteiger partial charge in [0.25, 0.3) is 0 Å². The molecule has 1 heterocycles. The summed E-state index contributed by atoms with van der Waals surface area (Å²) >= 11 is 0. The number of carbonyl (C=O) groups excluding carboxylic acids is 2. The fourth-order valence-electron chi connectivity index (χ4n) is 2.26. The van der Waals surface area contributed by atoms with Crippen LogP contribution in [0.5, 0.6) is 0 Å². The molecule has 1 amide bonds. The molecule has 5 heteroatoms. The van der Waals surface area contributed by atoms with Gasteiger partial charge in [0, 0.05) is 6.04 Å². The molecule has 0 aromatic carbocycles. The highest BCUT2D eigenvalue weighted by atomic mass is 16.5. The van der Waals surface area contributed by atoms with Gasteiger partial charge in [-0.2, -0.15) is 0 Å². The lowest BCUT2D eigenvalue weighted by Gasteiger charge is -2.34. The van der Waals surface area contributed by atoms with E-state index in [0.717, 1.165) is 25.9 Å². The first-order valence-electron chi connectivity index (χ1n) is 6.58. The molecule has 18 heavy (non-hydrogen) atoms. The van der Waals surface area contributed by atoms with Crippen LogP contribution in [-0.2, 0) is 14.3 Å². The van der Waals surface area contributed by atoms with Crippen molar-refractivity contribution in [3.8, 4) is 0 Å². The van der Waals surface area contributed by atoms with E-state index in [0.29, 0.717) is 0 Å². The predicted molar refractivity (Wildman–Crippen MR) is 69.1 cm³/mol. The van der Waals surface area contributed by atoms with Crippen molar-refractivity contribution in [3.05, 3.63) is 0 Å². The summed E-state index contributed by atoms with van der Waals surface area (Å²) in [7, 11) is 1.42. The van der Waals surface area contributed by atoms with E-state index in [2.05, 4.69) is 10.2 Å². The van der Waals surface area contributed by atoms with E-state index in [4.69, 9.17) is 4.74 Å². The average molecular weight is 256 g/mol. The Labute approximate surface area is 109 Å². The van der Waals surface area contributed by atoms with Crippen LogP contribution < -0.4 is 5.32 Å². The molecule has 1 fully saturated rings. The summed E-state index contributed by atoms with van der Waals surface area (Å²) in [4.78, 5) is 25.4. The van der Waals surface area contributed by atoms with Crippen LogP contribution in [0.15, 0.2) is 0 Å². The summed E-state index contributed by atoms with van der Waals surface area (Å²) in [6.45, 7) is 7.36. The van der Waals surface area contributed by atoms with E-state index in [9.17, 15) is 9.59 Å². The third-order valence-corrected chi connectivity index (χ3v) is 3.42. The Balaban J connectivity index is 2.42. The Morgan fingerprint density at radius 1 is 1.22 bits per heavy atom. The molecule has 0 aliphatic carbocycles. The molecular weight excluding hydrogens is 232 g/mol. The number of nitrogens with one attached hydrogen (secondary N) is 1. The highest BCUT2D eigenvalue weighted by molar-refractivity contribution is 5.81. The number of carbonyl (C=O) groups is 2. The maximum absolute atomic E-state index is 11.9. The molecule has 0 saturated carbocycles. The topological polar surface area (TPSA) is 58.6 Å². The molecule has 1 N–H and O–H groups in total. The van der Waals surface area contributed by atoms with Crippen molar-refractivity contribution in [2.75, 3.05) is 20.2 Å². The van der Waals surface area contributed by atoms with Crippen LogP contribution in [0, 0.1) is 5.92 Å². The average Bonchev–Trinajstić information content (AvgIpc) is 2.36. The van der Waals surface area contributed by atoms with Crippen molar-refractivity contribution < 1.29 is 14.3 Å². The summed E-state index contributed by atoms with van der Waals surface area (Å²) < 4.78 is 4.75. The van der Waals surface area contributed by atoms with Gasteiger partial charge in [-0.3, -0.25) is 14.5 Å². The normalized spacial score (nSPS) is 19.6. The minimum absolute atomic E-state index is 0.00777. The number of amides is 1. The van der Waals surface area contributed by atoms with E-state index in [1.165, 1.54) is 7.11 Å². The van der Waals surface area contributed by atoms with E-state index >= 15 is 0 Å². The van der Waals surface area contributed by atoms with Gasteiger partial charge in [0.1, 0.15) is 0 Å². The zero-order valence-corrected chi connectivity index (χ0v) is 11.7. The third kappa shape index (κ3) is 3.98. The second-order valence-corrected chi connectivity index (χ2v) is 5.17. The largest absolute Gasteiger partial charge is 0.469 e. The van der Waals surface area contributed by atoms with Crippen molar-refractivity contribution in [2.45, 2.75) is 45.7 Å². The second-order valence-electron chi connectivity index (χ2n) is 5.17. The van der Waals surface area contributed by atoms with Crippen LogP contribution >= 0.6 is 0 Å². The van der Waals surface area contributed by atoms with Crippen molar-refractivity contribution >= 4 is 11.9 Å². The third-order valence-electron chi connectivity index (χ3n) is 3.42. The van der Waals surface area contributed by atoms with Gasteiger partial charge in [0.15, 0.2) is 0 Å². The summed E-state index contributed by atoms with van der Waals surface area (Å²) in [5, 5.41) is 2.91. The standard InChI is InChI=1S/C13H24N2O3/c1-9(2)14-12(16)10(3)15-7-5-11(6-8-15)13(17)18-4/h9-11H,5-8H2,1-4H3,(H,14,16). The van der Waals surface area contributed by atoms with Crippen molar-refractivity contribution in [2.24, 2.45) is 5.92 Å². The SMILES string of the molecule is COC(=O)C1CCN(C(C)C(=O)NC(C)C)CC1. The first-order valence-corrected chi connectivity index (χ1v) is 6.58. The Hall–Kier alpha value is -1.10. The molecule has 104 valence electrons. The molecule has 0 spiro atoms. The monoisotopic (exact) mass is 256 g/mol. The Morgan fingerprint density at radius 3 is 2.22 bits per heavy atom. The van der Waals surface area contributed by atoms with Crippen LogP contribution in [0.1, 0.15) is 33.6 Å². The number of piperidine rings is 1. The zero-order valence-electron chi connectivity index (χ0n) is 11.7. The molecule has 0 aromatic rings. The summed E-state index contributed by atoms with van der Waals surface area (Å²) in [6.07, 6.45) is 1.54. The van der Waals surface area contributed by atoms with Gasteiger partial charge in [-0.15, -0.1) is 0 Å². The Morgan fingerprint density at radius 2 is 1.78 bits per heavy atom. The van der Waals surface area contributed by atoms with E-state index in [-0.39, 0.29) is 29.9 Å². The molecule has 1 aliphatic heterocycles. The minimum atomic E-state index is -0.133. The predicted octanol–water partition coefficient (Wildman–Crippen LogP) is 0.785. The molecule has 5 nitrogen and oxygen atoms in total. The summed E-state index contributed by atoms with van der Waals surface area (Å²) in [6, 6.07) is 0.0264. The number of hydrogen-bond donors (Lipinski definition) is 1. The van der Waals surface area contributed by atoms with Gasteiger partial charge in [0.2, 0.25) is 5.91 Å². The fourth-order valence-corrected chi connectivity index (χ4v) is 2.26. The van der Waals surface area contributed by atoms with E-state index in [1.54, 1.807) is 0 Å². The quantitative estimate of drug-likeness (QED) is 0.755. The molecule has 1 atom stereocenters. The molecule has 1 aliphatic rings. The van der Waals surface area contributed by atoms with Gasteiger partial charge >= 0.3 is 5.97 Å². The fraction of sp³-hybridized carbons (Fsp3) is 0.846. The molecule has 1 unspecified atom stereocenters. The van der Waals surface area contributed by atoms with Gasteiger partial charge < -0.3 is 10.1 Å². The van der Waals surface area contributed by atoms with Gasteiger partial charge in [0.05, 0.1) is 19.1 Å². The van der Waals surface area contributed by atoms with Crippen LogP contribution in [0.25, 0.3) is 0 Å². The van der Waals surface area contributed by atoms with Crippen LogP contribution in [-0.4, -0.2) is 49.1 Å². The lowest BCUT2D eigenvalue weighted by Crippen LogP contribution is -2.50. The lowest BCUT2D eigenvalue weighted by molar-refractivity contribution is -0.147. The molecule has 0 aromatic heterocycles. The van der Waals surface area contributed by atoms with Crippen molar-refractivity contribution in [3.63, 3.8) is 0 Å². The number of esters is 1. The summed E-state index contributed by atoms with van der Waals surface area (Å²) in [5.41, 5.74) is 0. The van der Waals surface area contributed by atoms with Crippen molar-refractivity contribution in [1.82, 2.24) is 10.2 Å². The number of likely N-dealkylation sites (tertiary alicyclic amines) is 1. The molecule has 0 radical (unpaired) electrons. The first-order chi connectivity index (χ1) is 8.45. The highest BCUT2D eigenvalue weighted by Crippen LogP contribution is 2.20. The first kappa shape index (κ1) is 15.0. The van der Waals surface area contributed by atoms with E-state index in [1.807, 2.05) is 20.8 Å². The minimum Gasteiger partial charge on any atom is -0.469 e. The van der Waals surface area contributed by atoms with Crippen LogP contribution in [0.3, 0.4) is 0 Å². The highest BCUT2D eigenvalue weighted by Gasteiger charge is 2.30. The lowest BCUT2D eigenvalue weighted by atomic mass is 9.96. The van der Waals surface area contributed by atoms with E-state index < -0.39 is 0 Å². The van der Waals surface area contributed by atoms with Gasteiger partial charge in [-0.1, -0.05) is 0 Å². The van der Waals surface area contributed by atoms with Gasteiger partial charge in [-0.25, -0.2) is 0 Å². The Bertz CT molecular complexity index is 297. The Kier molecular flexibility index (Phi) is 5.59. The summed E-state index contributed by atoms with van der Waals surface area (Å²) in [5.74, 6) is -0.0814. The molecule has 0 bridgehead atoms. The smallest absolute Gasteiger partial charge is 0.308 e. The van der Waals surface area contributed by atoms with Gasteiger partial charge in [-0.05, 0) is 46.7 Å². The maximum atomic E-state index is 11.9.